The molecule has 2 unspecified atom stereocenters. The first-order chi connectivity index (χ1) is 7.25. The molecule has 0 radical (unpaired) electrons. The quantitative estimate of drug-likeness (QED) is 0.679. The zero-order valence-electron chi connectivity index (χ0n) is 8.50. The van der Waals surface area contributed by atoms with Crippen LogP contribution in [-0.2, 0) is 15.9 Å². The second-order valence-corrected chi connectivity index (χ2v) is 3.75. The first-order valence-corrected chi connectivity index (χ1v) is 5.08. The molecular formula is C11H16N2O2. The molecule has 0 bridgehead atoms. The molecule has 2 rings (SSSR count). The fraction of sp³-hybridized carbons (Fsp3) is 0.455. The Morgan fingerprint density at radius 1 is 1.33 bits per heavy atom. The Kier molecular flexibility index (Phi) is 3.33. The lowest BCUT2D eigenvalue weighted by atomic mass is 10.1. The van der Waals surface area contributed by atoms with Crippen LogP contribution in [-0.4, -0.2) is 25.2 Å². The Morgan fingerprint density at radius 2 is 2.00 bits per heavy atom. The van der Waals surface area contributed by atoms with E-state index in [0.717, 1.165) is 6.42 Å². The third-order valence-electron chi connectivity index (χ3n) is 2.30. The number of benzene rings is 1. The molecule has 4 heteroatoms. The molecule has 0 saturated carbocycles. The zero-order chi connectivity index (χ0) is 10.7. The number of hydrogen-bond acceptors (Lipinski definition) is 4. The summed E-state index contributed by atoms with van der Waals surface area (Å²) in [5.74, 6) is 0. The molecule has 4 N–H and O–H groups in total. The number of ether oxygens (including phenoxy) is 2. The predicted molar refractivity (Wildman–Crippen MR) is 56.9 cm³/mol. The summed E-state index contributed by atoms with van der Waals surface area (Å²) in [6, 6.07) is 10.1. The molecule has 0 aliphatic carbocycles. The SMILES string of the molecule is NC1OC1OC[C@@H](N)Cc1ccccc1. The molecule has 0 spiro atoms. The maximum atomic E-state index is 5.91. The number of epoxide rings is 1. The van der Waals surface area contributed by atoms with Crippen molar-refractivity contribution in [2.75, 3.05) is 6.61 Å². The lowest BCUT2D eigenvalue weighted by Crippen LogP contribution is -2.29. The van der Waals surface area contributed by atoms with Crippen LogP contribution in [0.25, 0.3) is 0 Å². The van der Waals surface area contributed by atoms with Crippen molar-refractivity contribution in [3.05, 3.63) is 35.9 Å². The lowest BCUT2D eigenvalue weighted by molar-refractivity contribution is 0.0419. The fourth-order valence-corrected chi connectivity index (χ4v) is 1.44. The standard InChI is InChI=1S/C11H16N2O2/c12-9(7-14-11-10(13)15-11)6-8-4-2-1-3-5-8/h1-5,9-11H,6-7,12-13H2/t9-,10?,11?/m0/s1. The van der Waals surface area contributed by atoms with Crippen molar-refractivity contribution in [1.29, 1.82) is 0 Å². The van der Waals surface area contributed by atoms with Gasteiger partial charge in [-0.15, -0.1) is 0 Å². The van der Waals surface area contributed by atoms with E-state index in [0.29, 0.717) is 6.61 Å². The van der Waals surface area contributed by atoms with E-state index >= 15 is 0 Å². The molecule has 1 fully saturated rings. The molecule has 0 amide bonds. The molecule has 1 aromatic rings. The number of hydrogen-bond donors (Lipinski definition) is 2. The van der Waals surface area contributed by atoms with E-state index in [1.807, 2.05) is 18.2 Å². The molecular weight excluding hydrogens is 192 g/mol. The maximum Gasteiger partial charge on any atom is 0.199 e. The van der Waals surface area contributed by atoms with Crippen molar-refractivity contribution in [2.24, 2.45) is 11.5 Å². The van der Waals surface area contributed by atoms with Gasteiger partial charge in [0.25, 0.3) is 0 Å². The van der Waals surface area contributed by atoms with Crippen LogP contribution in [0, 0.1) is 0 Å². The molecule has 82 valence electrons. The Hall–Kier alpha value is -0.940. The monoisotopic (exact) mass is 208 g/mol. The van der Waals surface area contributed by atoms with Gasteiger partial charge in [0.05, 0.1) is 6.61 Å². The maximum absolute atomic E-state index is 5.91. The van der Waals surface area contributed by atoms with Gasteiger partial charge in [0.2, 0.25) is 0 Å². The highest BCUT2D eigenvalue weighted by Gasteiger charge is 2.36. The Balaban J connectivity index is 1.70. The van der Waals surface area contributed by atoms with Crippen molar-refractivity contribution in [2.45, 2.75) is 25.0 Å². The van der Waals surface area contributed by atoms with E-state index in [2.05, 4.69) is 12.1 Å². The predicted octanol–water partition coefficient (Wildman–Crippen LogP) is 0.214. The molecule has 15 heavy (non-hydrogen) atoms. The normalized spacial score (nSPS) is 26.3. The van der Waals surface area contributed by atoms with E-state index in [9.17, 15) is 0 Å². The summed E-state index contributed by atoms with van der Waals surface area (Å²) in [5.41, 5.74) is 12.5. The molecule has 1 heterocycles. The van der Waals surface area contributed by atoms with Crippen molar-refractivity contribution >= 4 is 0 Å². The van der Waals surface area contributed by atoms with Crippen molar-refractivity contribution < 1.29 is 9.47 Å². The van der Waals surface area contributed by atoms with Crippen molar-refractivity contribution in [3.63, 3.8) is 0 Å². The topological polar surface area (TPSA) is 73.8 Å². The molecule has 1 aliphatic heterocycles. The van der Waals surface area contributed by atoms with Gasteiger partial charge in [-0.2, -0.15) is 0 Å². The Morgan fingerprint density at radius 3 is 2.60 bits per heavy atom. The van der Waals surface area contributed by atoms with Crippen LogP contribution < -0.4 is 11.5 Å². The molecule has 4 nitrogen and oxygen atoms in total. The van der Waals surface area contributed by atoms with Crippen LogP contribution in [0.3, 0.4) is 0 Å². The van der Waals surface area contributed by atoms with E-state index in [1.165, 1.54) is 5.56 Å². The van der Waals surface area contributed by atoms with Gasteiger partial charge in [-0.3, -0.25) is 0 Å². The molecule has 1 saturated heterocycles. The third-order valence-corrected chi connectivity index (χ3v) is 2.30. The average molecular weight is 208 g/mol. The minimum atomic E-state index is -0.256. The zero-order valence-corrected chi connectivity index (χ0v) is 8.50. The smallest absolute Gasteiger partial charge is 0.199 e. The van der Waals surface area contributed by atoms with Gasteiger partial charge in [-0.25, -0.2) is 0 Å². The largest absolute Gasteiger partial charge is 0.347 e. The minimum absolute atomic E-state index is 0.0104. The lowest BCUT2D eigenvalue weighted by Gasteiger charge is -2.10. The van der Waals surface area contributed by atoms with Crippen LogP contribution in [0.2, 0.25) is 0 Å². The summed E-state index contributed by atoms with van der Waals surface area (Å²) in [5, 5.41) is 0. The van der Waals surface area contributed by atoms with Gasteiger partial charge in [-0.1, -0.05) is 30.3 Å². The second kappa shape index (κ2) is 4.72. The van der Waals surface area contributed by atoms with Gasteiger partial charge < -0.3 is 20.9 Å². The summed E-state index contributed by atoms with van der Waals surface area (Å²) in [6.45, 7) is 0.479. The van der Waals surface area contributed by atoms with Crippen LogP contribution in [0.15, 0.2) is 30.3 Å². The molecule has 0 aromatic heterocycles. The van der Waals surface area contributed by atoms with Crippen molar-refractivity contribution in [1.82, 2.24) is 0 Å². The van der Waals surface area contributed by atoms with Gasteiger partial charge >= 0.3 is 0 Å². The van der Waals surface area contributed by atoms with E-state index in [1.54, 1.807) is 0 Å². The second-order valence-electron chi connectivity index (χ2n) is 3.75. The third kappa shape index (κ3) is 3.28. The Labute approximate surface area is 89.2 Å². The van der Waals surface area contributed by atoms with E-state index in [4.69, 9.17) is 20.9 Å². The van der Waals surface area contributed by atoms with Gasteiger partial charge in [-0.05, 0) is 12.0 Å². The highest BCUT2D eigenvalue weighted by atomic mass is 16.8. The first-order valence-electron chi connectivity index (χ1n) is 5.08. The number of nitrogens with two attached hydrogens (primary N) is 2. The van der Waals surface area contributed by atoms with Crippen molar-refractivity contribution in [3.8, 4) is 0 Å². The minimum Gasteiger partial charge on any atom is -0.347 e. The van der Waals surface area contributed by atoms with E-state index < -0.39 is 0 Å². The first kappa shape index (κ1) is 10.6. The molecule has 3 atom stereocenters. The highest BCUT2D eigenvalue weighted by molar-refractivity contribution is 5.15. The molecule has 1 aliphatic rings. The van der Waals surface area contributed by atoms with Crippen LogP contribution in [0.5, 0.6) is 0 Å². The summed E-state index contributed by atoms with van der Waals surface area (Å²) in [7, 11) is 0. The highest BCUT2D eigenvalue weighted by Crippen LogP contribution is 2.17. The summed E-state index contributed by atoms with van der Waals surface area (Å²) in [4.78, 5) is 0. The average Bonchev–Trinajstić information content (AvgIpc) is 2.93. The summed E-state index contributed by atoms with van der Waals surface area (Å²) < 4.78 is 10.2. The van der Waals surface area contributed by atoms with E-state index in [-0.39, 0.29) is 18.6 Å². The van der Waals surface area contributed by atoms with Gasteiger partial charge in [0.1, 0.15) is 0 Å². The molecule has 1 aromatic carbocycles. The fourth-order valence-electron chi connectivity index (χ4n) is 1.44. The summed E-state index contributed by atoms with van der Waals surface area (Å²) >= 11 is 0. The van der Waals surface area contributed by atoms with Crippen LogP contribution >= 0.6 is 0 Å². The summed E-state index contributed by atoms with van der Waals surface area (Å²) in [6.07, 6.45) is 0.309. The van der Waals surface area contributed by atoms with Crippen LogP contribution in [0.4, 0.5) is 0 Å². The Bertz CT molecular complexity index is 305. The number of rotatable bonds is 5. The van der Waals surface area contributed by atoms with Gasteiger partial charge in [0.15, 0.2) is 12.5 Å². The van der Waals surface area contributed by atoms with Gasteiger partial charge in [0, 0.05) is 6.04 Å². The van der Waals surface area contributed by atoms with Crippen LogP contribution in [0.1, 0.15) is 5.56 Å².